The summed E-state index contributed by atoms with van der Waals surface area (Å²) >= 11 is 0. The van der Waals surface area contributed by atoms with Crippen molar-refractivity contribution >= 4 is 12.7 Å². The van der Waals surface area contributed by atoms with E-state index in [-0.39, 0.29) is 0 Å². The highest BCUT2D eigenvalue weighted by atomic mass is 16.5. The lowest BCUT2D eigenvalue weighted by Gasteiger charge is -2.15. The fourth-order valence-electron chi connectivity index (χ4n) is 1.56. The Kier molecular flexibility index (Phi) is 4.02. The summed E-state index contributed by atoms with van der Waals surface area (Å²) in [4.78, 5) is 0. The highest BCUT2D eigenvalue weighted by Crippen LogP contribution is 2.18. The number of benzene rings is 1. The Morgan fingerprint density at radius 3 is 2.71 bits per heavy atom. The van der Waals surface area contributed by atoms with Gasteiger partial charge in [-0.3, -0.25) is 0 Å². The fraction of sp³-hybridized carbons (Fsp3) is 0.455. The van der Waals surface area contributed by atoms with Crippen LogP contribution in [0.1, 0.15) is 25.0 Å². The van der Waals surface area contributed by atoms with Crippen molar-refractivity contribution in [1.29, 1.82) is 0 Å². The summed E-state index contributed by atoms with van der Waals surface area (Å²) in [5, 5.41) is 9.79. The van der Waals surface area contributed by atoms with E-state index in [0.29, 0.717) is 6.42 Å². The lowest BCUT2D eigenvalue weighted by Crippen LogP contribution is -2.21. The molecule has 0 aromatic heterocycles. The summed E-state index contributed by atoms with van der Waals surface area (Å²) in [6.07, 6.45) is 0.310. The van der Waals surface area contributed by atoms with Gasteiger partial charge in [-0.25, -0.2) is 0 Å². The Morgan fingerprint density at radius 1 is 1.50 bits per heavy atom. The number of ether oxygens (including phenoxy) is 1. The van der Waals surface area contributed by atoms with Gasteiger partial charge in [0, 0.05) is 0 Å². The highest BCUT2D eigenvalue weighted by Gasteiger charge is 2.12. The molecule has 0 bridgehead atoms. The van der Waals surface area contributed by atoms with E-state index >= 15 is 0 Å². The molecule has 2 nitrogen and oxygen atoms in total. The van der Waals surface area contributed by atoms with Gasteiger partial charge in [0.05, 0.1) is 13.2 Å². The lowest BCUT2D eigenvalue weighted by atomic mass is 9.69. The summed E-state index contributed by atoms with van der Waals surface area (Å²) in [6.45, 7) is 3.91. The first-order valence-electron chi connectivity index (χ1n) is 4.88. The molecule has 3 heteroatoms. The first kappa shape index (κ1) is 11.1. The van der Waals surface area contributed by atoms with E-state index in [9.17, 15) is 5.11 Å². The van der Waals surface area contributed by atoms with Gasteiger partial charge in [-0.2, -0.15) is 0 Å². The second-order valence-corrected chi connectivity index (χ2v) is 3.18. The van der Waals surface area contributed by atoms with Crippen molar-refractivity contribution in [2.24, 2.45) is 0 Å². The van der Waals surface area contributed by atoms with Crippen molar-refractivity contribution in [1.82, 2.24) is 0 Å². The molecular formula is C11H16BO2. The van der Waals surface area contributed by atoms with Crippen molar-refractivity contribution < 1.29 is 9.84 Å². The Hall–Kier alpha value is -0.955. The quantitative estimate of drug-likeness (QED) is 0.731. The minimum atomic E-state index is -0.406. The molecule has 0 saturated carbocycles. The molecule has 1 N–H and O–H groups in total. The van der Waals surface area contributed by atoms with Crippen LogP contribution in [-0.4, -0.2) is 19.5 Å². The third-order valence-corrected chi connectivity index (χ3v) is 2.35. The summed E-state index contributed by atoms with van der Waals surface area (Å²) in [5.41, 5.74) is 1.93. The zero-order valence-electron chi connectivity index (χ0n) is 8.95. The van der Waals surface area contributed by atoms with E-state index in [1.165, 1.54) is 0 Å². The molecule has 1 aromatic rings. The number of aliphatic hydroxyl groups is 1. The smallest absolute Gasteiger partial charge is 0.153 e. The van der Waals surface area contributed by atoms with Crippen LogP contribution in [0.3, 0.4) is 0 Å². The average Bonchev–Trinajstić information content (AvgIpc) is 2.26. The SMILES string of the molecule is C[B]c1c(OC)cccc1[C@H](O)CC. The summed E-state index contributed by atoms with van der Waals surface area (Å²) in [5.74, 6) is 0.817. The molecule has 0 spiro atoms. The standard InChI is InChI=1S/C11H16BO2/c1-4-9(13)8-6-5-7-10(14-3)11(8)12-2/h5-7,9,13H,4H2,1-3H3/t9-/m1/s1. The molecule has 0 aliphatic heterocycles. The highest BCUT2D eigenvalue weighted by molar-refractivity contribution is 6.53. The molecule has 0 fully saturated rings. The average molecular weight is 191 g/mol. The Morgan fingerprint density at radius 2 is 2.21 bits per heavy atom. The molecule has 0 saturated heterocycles. The molecular weight excluding hydrogens is 175 g/mol. The van der Waals surface area contributed by atoms with Crippen LogP contribution in [0.15, 0.2) is 18.2 Å². The Balaban J connectivity index is 3.14. The molecule has 14 heavy (non-hydrogen) atoms. The summed E-state index contributed by atoms with van der Waals surface area (Å²) in [6, 6.07) is 5.74. The molecule has 1 aromatic carbocycles. The van der Waals surface area contributed by atoms with Gasteiger partial charge in [0.15, 0.2) is 7.28 Å². The molecule has 75 valence electrons. The molecule has 0 aliphatic rings. The van der Waals surface area contributed by atoms with Crippen LogP contribution in [0.4, 0.5) is 0 Å². The predicted octanol–water partition coefficient (Wildman–Crippen LogP) is 1.52. The largest absolute Gasteiger partial charge is 0.497 e. The van der Waals surface area contributed by atoms with E-state index in [0.717, 1.165) is 16.8 Å². The van der Waals surface area contributed by atoms with Gasteiger partial charge in [0.25, 0.3) is 0 Å². The first-order valence-corrected chi connectivity index (χ1v) is 4.88. The third kappa shape index (κ3) is 2.10. The van der Waals surface area contributed by atoms with Crippen LogP contribution in [0.25, 0.3) is 0 Å². The van der Waals surface area contributed by atoms with Crippen LogP contribution < -0.4 is 10.2 Å². The van der Waals surface area contributed by atoms with Gasteiger partial charge in [0.2, 0.25) is 0 Å². The molecule has 0 aliphatic carbocycles. The first-order chi connectivity index (χ1) is 6.74. The predicted molar refractivity (Wildman–Crippen MR) is 59.5 cm³/mol. The van der Waals surface area contributed by atoms with Gasteiger partial charge in [-0.05, 0) is 23.5 Å². The number of hydrogen-bond acceptors (Lipinski definition) is 2. The van der Waals surface area contributed by atoms with E-state index in [2.05, 4.69) is 0 Å². The molecule has 1 rings (SSSR count). The summed E-state index contributed by atoms with van der Waals surface area (Å²) in [7, 11) is 3.61. The van der Waals surface area contributed by atoms with Crippen LogP contribution >= 0.6 is 0 Å². The topological polar surface area (TPSA) is 29.5 Å². The van der Waals surface area contributed by atoms with Crippen molar-refractivity contribution in [2.75, 3.05) is 7.11 Å². The van der Waals surface area contributed by atoms with Gasteiger partial charge in [0.1, 0.15) is 5.75 Å². The molecule has 0 amide bonds. The van der Waals surface area contributed by atoms with Gasteiger partial charge >= 0.3 is 0 Å². The number of hydrogen-bond donors (Lipinski definition) is 1. The van der Waals surface area contributed by atoms with Crippen molar-refractivity contribution in [3.63, 3.8) is 0 Å². The van der Waals surface area contributed by atoms with Crippen molar-refractivity contribution in [3.05, 3.63) is 23.8 Å². The number of rotatable bonds is 4. The Labute approximate surface area is 86.2 Å². The maximum absolute atomic E-state index is 9.79. The van der Waals surface area contributed by atoms with Gasteiger partial charge in [-0.1, -0.05) is 25.9 Å². The van der Waals surface area contributed by atoms with E-state index in [1.807, 2.05) is 39.2 Å². The van der Waals surface area contributed by atoms with Gasteiger partial charge in [-0.15, -0.1) is 0 Å². The van der Waals surface area contributed by atoms with E-state index in [4.69, 9.17) is 4.74 Å². The van der Waals surface area contributed by atoms with Crippen LogP contribution in [0, 0.1) is 0 Å². The number of methoxy groups -OCH3 is 1. The van der Waals surface area contributed by atoms with E-state index < -0.39 is 6.10 Å². The Bertz CT molecular complexity index is 299. The molecule has 1 atom stereocenters. The zero-order valence-corrected chi connectivity index (χ0v) is 8.95. The van der Waals surface area contributed by atoms with Crippen molar-refractivity contribution in [3.8, 4) is 5.75 Å². The second kappa shape index (κ2) is 5.06. The zero-order chi connectivity index (χ0) is 10.6. The van der Waals surface area contributed by atoms with Crippen molar-refractivity contribution in [2.45, 2.75) is 26.3 Å². The lowest BCUT2D eigenvalue weighted by molar-refractivity contribution is 0.174. The van der Waals surface area contributed by atoms with Gasteiger partial charge < -0.3 is 9.84 Å². The second-order valence-electron chi connectivity index (χ2n) is 3.18. The monoisotopic (exact) mass is 191 g/mol. The fourth-order valence-corrected chi connectivity index (χ4v) is 1.56. The molecule has 0 heterocycles. The minimum absolute atomic E-state index is 0.406. The minimum Gasteiger partial charge on any atom is -0.497 e. The van der Waals surface area contributed by atoms with Crippen LogP contribution in [0.5, 0.6) is 5.75 Å². The molecule has 0 unspecified atom stereocenters. The van der Waals surface area contributed by atoms with Crippen LogP contribution in [-0.2, 0) is 0 Å². The number of aliphatic hydroxyl groups excluding tert-OH is 1. The third-order valence-electron chi connectivity index (χ3n) is 2.35. The van der Waals surface area contributed by atoms with E-state index in [1.54, 1.807) is 7.11 Å². The summed E-state index contributed by atoms with van der Waals surface area (Å²) < 4.78 is 5.23. The normalized spacial score (nSPS) is 12.3. The maximum Gasteiger partial charge on any atom is 0.153 e. The maximum atomic E-state index is 9.79. The van der Waals surface area contributed by atoms with Crippen LogP contribution in [0.2, 0.25) is 6.82 Å². The molecule has 1 radical (unpaired) electrons.